The summed E-state index contributed by atoms with van der Waals surface area (Å²) in [7, 11) is 0. The van der Waals surface area contributed by atoms with Crippen molar-refractivity contribution in [3.8, 4) is 0 Å². The fourth-order valence-electron chi connectivity index (χ4n) is 2.30. The van der Waals surface area contributed by atoms with Gasteiger partial charge in [0.15, 0.2) is 0 Å². The van der Waals surface area contributed by atoms with Gasteiger partial charge < -0.3 is 4.42 Å². The second-order valence-corrected chi connectivity index (χ2v) is 4.25. The zero-order valence-corrected chi connectivity index (χ0v) is 9.58. The Kier molecular flexibility index (Phi) is 2.00. The maximum Gasteiger partial charge on any atom is 0.135 e. The number of aryl methyl sites for hydroxylation is 2. The average Bonchev–Trinajstić information content (AvgIpc) is 2.65. The lowest BCUT2D eigenvalue weighted by Crippen LogP contribution is -1.80. The molecule has 0 fully saturated rings. The van der Waals surface area contributed by atoms with Crippen LogP contribution in [0.4, 0.5) is 0 Å². The molecule has 0 atom stereocenters. The Balaban J connectivity index is 2.52. The van der Waals surface area contributed by atoms with E-state index in [1.54, 1.807) is 0 Å². The highest BCUT2D eigenvalue weighted by molar-refractivity contribution is 6.06. The standard InChI is InChI=1S/C15H14O/c1-3-11-5-4-6-13-15(11)12-8-7-10(2)9-14(12)16-13/h4-9H,3H2,1-2H3. The molecule has 0 aliphatic heterocycles. The van der Waals surface area contributed by atoms with E-state index in [0.717, 1.165) is 17.6 Å². The summed E-state index contributed by atoms with van der Waals surface area (Å²) in [4.78, 5) is 0. The summed E-state index contributed by atoms with van der Waals surface area (Å²) in [6.45, 7) is 4.27. The molecule has 0 radical (unpaired) electrons. The normalized spacial score (nSPS) is 11.4. The van der Waals surface area contributed by atoms with E-state index in [1.165, 1.54) is 21.9 Å². The predicted molar refractivity (Wildman–Crippen MR) is 67.8 cm³/mol. The molecule has 0 aliphatic rings. The Labute approximate surface area is 94.7 Å². The molecule has 1 heterocycles. The lowest BCUT2D eigenvalue weighted by Gasteiger charge is -1.98. The minimum absolute atomic E-state index is 0.996. The number of hydrogen-bond acceptors (Lipinski definition) is 1. The van der Waals surface area contributed by atoms with Crippen LogP contribution in [-0.4, -0.2) is 0 Å². The van der Waals surface area contributed by atoms with Gasteiger partial charge in [0.1, 0.15) is 11.2 Å². The summed E-state index contributed by atoms with van der Waals surface area (Å²) in [6.07, 6.45) is 1.04. The highest BCUT2D eigenvalue weighted by Gasteiger charge is 2.09. The molecule has 0 unspecified atom stereocenters. The Hall–Kier alpha value is -1.76. The van der Waals surface area contributed by atoms with Crippen LogP contribution in [0.25, 0.3) is 21.9 Å². The van der Waals surface area contributed by atoms with E-state index >= 15 is 0 Å². The first-order chi connectivity index (χ1) is 7.79. The van der Waals surface area contributed by atoms with Crippen molar-refractivity contribution in [2.24, 2.45) is 0 Å². The topological polar surface area (TPSA) is 13.1 Å². The second-order valence-electron chi connectivity index (χ2n) is 4.25. The van der Waals surface area contributed by atoms with Crippen molar-refractivity contribution in [1.82, 2.24) is 0 Å². The molecule has 0 N–H and O–H groups in total. The lowest BCUT2D eigenvalue weighted by molar-refractivity contribution is 0.668. The third-order valence-corrected chi connectivity index (χ3v) is 3.12. The molecule has 16 heavy (non-hydrogen) atoms. The monoisotopic (exact) mass is 210 g/mol. The van der Waals surface area contributed by atoms with E-state index in [-0.39, 0.29) is 0 Å². The van der Waals surface area contributed by atoms with Crippen LogP contribution in [0.5, 0.6) is 0 Å². The predicted octanol–water partition coefficient (Wildman–Crippen LogP) is 4.46. The van der Waals surface area contributed by atoms with Crippen molar-refractivity contribution in [3.05, 3.63) is 47.5 Å². The second kappa shape index (κ2) is 3.38. The molecule has 0 bridgehead atoms. The molecule has 1 heteroatoms. The van der Waals surface area contributed by atoms with Crippen LogP contribution in [-0.2, 0) is 6.42 Å². The van der Waals surface area contributed by atoms with Crippen LogP contribution in [0.15, 0.2) is 40.8 Å². The number of fused-ring (bicyclic) bond motifs is 3. The van der Waals surface area contributed by atoms with Gasteiger partial charge in [0, 0.05) is 10.8 Å². The molecule has 3 aromatic rings. The lowest BCUT2D eigenvalue weighted by atomic mass is 10.0. The van der Waals surface area contributed by atoms with Gasteiger partial charge in [-0.3, -0.25) is 0 Å². The molecule has 0 aliphatic carbocycles. The maximum atomic E-state index is 5.88. The van der Waals surface area contributed by atoms with Crippen LogP contribution in [0, 0.1) is 6.92 Å². The SMILES string of the molecule is CCc1cccc2oc3cc(C)ccc3c12. The Morgan fingerprint density at radius 3 is 2.75 bits per heavy atom. The van der Waals surface area contributed by atoms with Gasteiger partial charge in [0.25, 0.3) is 0 Å². The molecule has 80 valence electrons. The van der Waals surface area contributed by atoms with E-state index in [4.69, 9.17) is 4.42 Å². The Morgan fingerprint density at radius 1 is 1.06 bits per heavy atom. The van der Waals surface area contributed by atoms with E-state index in [2.05, 4.69) is 44.2 Å². The van der Waals surface area contributed by atoms with Gasteiger partial charge in [-0.2, -0.15) is 0 Å². The van der Waals surface area contributed by atoms with Crippen molar-refractivity contribution in [3.63, 3.8) is 0 Å². The van der Waals surface area contributed by atoms with Crippen LogP contribution in [0.3, 0.4) is 0 Å². The third-order valence-electron chi connectivity index (χ3n) is 3.12. The van der Waals surface area contributed by atoms with Gasteiger partial charge in [-0.05, 0) is 36.6 Å². The minimum Gasteiger partial charge on any atom is -0.456 e. The highest BCUT2D eigenvalue weighted by atomic mass is 16.3. The fraction of sp³-hybridized carbons (Fsp3) is 0.200. The number of furan rings is 1. The summed E-state index contributed by atoms with van der Waals surface area (Å²) in [5, 5.41) is 2.51. The highest BCUT2D eigenvalue weighted by Crippen LogP contribution is 2.31. The maximum absolute atomic E-state index is 5.88. The van der Waals surface area contributed by atoms with Crippen molar-refractivity contribution >= 4 is 21.9 Å². The number of benzene rings is 2. The summed E-state index contributed by atoms with van der Waals surface area (Å²) in [6, 6.07) is 12.7. The first-order valence-corrected chi connectivity index (χ1v) is 5.70. The molecule has 1 aromatic heterocycles. The van der Waals surface area contributed by atoms with Gasteiger partial charge in [-0.15, -0.1) is 0 Å². The Bertz CT molecular complexity index is 662. The Morgan fingerprint density at radius 2 is 1.94 bits per heavy atom. The van der Waals surface area contributed by atoms with E-state index in [0.29, 0.717) is 0 Å². The van der Waals surface area contributed by atoms with Gasteiger partial charge in [-0.25, -0.2) is 0 Å². The van der Waals surface area contributed by atoms with E-state index < -0.39 is 0 Å². The van der Waals surface area contributed by atoms with Gasteiger partial charge in [-0.1, -0.05) is 31.2 Å². The van der Waals surface area contributed by atoms with Crippen molar-refractivity contribution in [1.29, 1.82) is 0 Å². The fourth-order valence-corrected chi connectivity index (χ4v) is 2.30. The summed E-state index contributed by atoms with van der Waals surface area (Å²) < 4.78 is 5.88. The molecular formula is C15H14O. The molecule has 3 rings (SSSR count). The first-order valence-electron chi connectivity index (χ1n) is 5.70. The van der Waals surface area contributed by atoms with Crippen LogP contribution in [0.2, 0.25) is 0 Å². The molecule has 0 spiro atoms. The number of hydrogen-bond donors (Lipinski definition) is 0. The summed E-state index contributed by atoms with van der Waals surface area (Å²) in [5.41, 5.74) is 4.60. The molecular weight excluding hydrogens is 196 g/mol. The summed E-state index contributed by atoms with van der Waals surface area (Å²) in [5.74, 6) is 0. The van der Waals surface area contributed by atoms with Crippen LogP contribution in [0.1, 0.15) is 18.1 Å². The van der Waals surface area contributed by atoms with Crippen molar-refractivity contribution < 1.29 is 4.42 Å². The minimum atomic E-state index is 0.996. The van der Waals surface area contributed by atoms with E-state index in [1.807, 2.05) is 6.07 Å². The molecule has 0 saturated carbocycles. The van der Waals surface area contributed by atoms with Crippen molar-refractivity contribution in [2.75, 3.05) is 0 Å². The average molecular weight is 210 g/mol. The smallest absolute Gasteiger partial charge is 0.135 e. The molecule has 2 aromatic carbocycles. The molecule has 0 amide bonds. The zero-order valence-electron chi connectivity index (χ0n) is 9.58. The number of rotatable bonds is 1. The largest absolute Gasteiger partial charge is 0.456 e. The zero-order chi connectivity index (χ0) is 11.1. The summed E-state index contributed by atoms with van der Waals surface area (Å²) >= 11 is 0. The first kappa shape index (κ1) is 9.46. The van der Waals surface area contributed by atoms with Crippen LogP contribution >= 0.6 is 0 Å². The third kappa shape index (κ3) is 1.25. The quantitative estimate of drug-likeness (QED) is 0.578. The van der Waals surface area contributed by atoms with Crippen molar-refractivity contribution in [2.45, 2.75) is 20.3 Å². The molecule has 1 nitrogen and oxygen atoms in total. The van der Waals surface area contributed by atoms with Gasteiger partial charge >= 0.3 is 0 Å². The molecule has 0 saturated heterocycles. The van der Waals surface area contributed by atoms with Gasteiger partial charge in [0.2, 0.25) is 0 Å². The van der Waals surface area contributed by atoms with Gasteiger partial charge in [0.05, 0.1) is 0 Å². The van der Waals surface area contributed by atoms with E-state index in [9.17, 15) is 0 Å². The van der Waals surface area contributed by atoms with Crippen LogP contribution < -0.4 is 0 Å².